The first kappa shape index (κ1) is 15.0. The molecule has 0 spiro atoms. The van der Waals surface area contributed by atoms with Crippen molar-refractivity contribution in [3.8, 4) is 0 Å². The molecule has 0 saturated heterocycles. The van der Waals surface area contributed by atoms with Gasteiger partial charge in [-0.1, -0.05) is 19.1 Å². The fraction of sp³-hybridized carbons (Fsp3) is 0.429. The second-order valence-electron chi connectivity index (χ2n) is 4.45. The highest BCUT2D eigenvalue weighted by Gasteiger charge is 2.20. The van der Waals surface area contributed by atoms with Gasteiger partial charge >= 0.3 is 5.97 Å². The first-order chi connectivity index (χ1) is 8.95. The van der Waals surface area contributed by atoms with Crippen LogP contribution in [0.3, 0.4) is 0 Å². The number of nitrogens with two attached hydrogens (primary N) is 1. The van der Waals surface area contributed by atoms with E-state index in [-0.39, 0.29) is 17.5 Å². The standard InChI is InChI=1S/C14H20N2O3/c1-4-9(2)16-13(17)10(3)19-14(18)11-7-5-6-8-12(11)15/h5-10H,4,15H2,1-3H3,(H,16,17). The second-order valence-corrected chi connectivity index (χ2v) is 4.45. The molecule has 0 heterocycles. The molecule has 5 heteroatoms. The van der Waals surface area contributed by atoms with Gasteiger partial charge in [0, 0.05) is 11.7 Å². The molecule has 0 fully saturated rings. The Hall–Kier alpha value is -2.04. The van der Waals surface area contributed by atoms with Gasteiger partial charge in [0.15, 0.2) is 6.10 Å². The third kappa shape index (κ3) is 4.28. The molecule has 0 saturated carbocycles. The van der Waals surface area contributed by atoms with Crippen LogP contribution < -0.4 is 11.1 Å². The maximum atomic E-state index is 11.9. The number of carbonyl (C=O) groups is 2. The van der Waals surface area contributed by atoms with E-state index >= 15 is 0 Å². The van der Waals surface area contributed by atoms with Crippen LogP contribution in [-0.2, 0) is 9.53 Å². The van der Waals surface area contributed by atoms with Gasteiger partial charge in [-0.3, -0.25) is 4.79 Å². The predicted molar refractivity (Wildman–Crippen MR) is 73.6 cm³/mol. The molecule has 1 rings (SSSR count). The van der Waals surface area contributed by atoms with E-state index in [1.165, 1.54) is 6.92 Å². The van der Waals surface area contributed by atoms with Crippen LogP contribution in [0.1, 0.15) is 37.6 Å². The minimum absolute atomic E-state index is 0.0513. The second kappa shape index (κ2) is 6.78. The van der Waals surface area contributed by atoms with Crippen molar-refractivity contribution in [1.29, 1.82) is 0 Å². The Morgan fingerprint density at radius 2 is 1.95 bits per heavy atom. The van der Waals surface area contributed by atoms with Gasteiger partial charge in [0.05, 0.1) is 5.56 Å². The highest BCUT2D eigenvalue weighted by atomic mass is 16.5. The summed E-state index contributed by atoms with van der Waals surface area (Å²) in [5, 5.41) is 2.75. The Morgan fingerprint density at radius 3 is 2.53 bits per heavy atom. The van der Waals surface area contributed by atoms with E-state index in [0.29, 0.717) is 5.69 Å². The lowest BCUT2D eigenvalue weighted by molar-refractivity contribution is -0.129. The quantitative estimate of drug-likeness (QED) is 0.627. The number of nitrogen functional groups attached to an aromatic ring is 1. The lowest BCUT2D eigenvalue weighted by Gasteiger charge is -2.17. The Balaban J connectivity index is 2.62. The van der Waals surface area contributed by atoms with Crippen LogP contribution in [0.4, 0.5) is 5.69 Å². The van der Waals surface area contributed by atoms with Crippen molar-refractivity contribution in [3.05, 3.63) is 29.8 Å². The average Bonchev–Trinajstić information content (AvgIpc) is 2.38. The summed E-state index contributed by atoms with van der Waals surface area (Å²) in [5.41, 5.74) is 6.28. The molecule has 1 aromatic rings. The molecule has 5 nitrogen and oxygen atoms in total. The highest BCUT2D eigenvalue weighted by Crippen LogP contribution is 2.12. The Kier molecular flexibility index (Phi) is 5.36. The van der Waals surface area contributed by atoms with Crippen molar-refractivity contribution < 1.29 is 14.3 Å². The Bertz CT molecular complexity index is 460. The number of rotatable bonds is 5. The number of amides is 1. The summed E-state index contributed by atoms with van der Waals surface area (Å²) in [6.45, 7) is 5.39. The summed E-state index contributed by atoms with van der Waals surface area (Å²) in [7, 11) is 0. The first-order valence-corrected chi connectivity index (χ1v) is 6.31. The van der Waals surface area contributed by atoms with Crippen molar-refractivity contribution in [2.24, 2.45) is 0 Å². The van der Waals surface area contributed by atoms with E-state index < -0.39 is 12.1 Å². The monoisotopic (exact) mass is 264 g/mol. The number of carbonyl (C=O) groups excluding carboxylic acids is 2. The number of benzene rings is 1. The average molecular weight is 264 g/mol. The molecule has 2 atom stereocenters. The Labute approximate surface area is 113 Å². The fourth-order valence-corrected chi connectivity index (χ4v) is 1.42. The SMILES string of the molecule is CCC(C)NC(=O)C(C)OC(=O)c1ccccc1N. The zero-order valence-corrected chi connectivity index (χ0v) is 11.5. The summed E-state index contributed by atoms with van der Waals surface area (Å²) < 4.78 is 5.09. The summed E-state index contributed by atoms with van der Waals surface area (Å²) >= 11 is 0. The molecule has 0 aliphatic rings. The molecule has 3 N–H and O–H groups in total. The first-order valence-electron chi connectivity index (χ1n) is 6.31. The van der Waals surface area contributed by atoms with Crippen LogP contribution in [0, 0.1) is 0 Å². The van der Waals surface area contributed by atoms with Gasteiger partial charge in [-0.15, -0.1) is 0 Å². The summed E-state index contributed by atoms with van der Waals surface area (Å²) in [5.74, 6) is -0.901. The summed E-state index contributed by atoms with van der Waals surface area (Å²) in [6, 6.07) is 6.65. The van der Waals surface area contributed by atoms with Crippen molar-refractivity contribution >= 4 is 17.6 Å². The topological polar surface area (TPSA) is 81.4 Å². The van der Waals surface area contributed by atoms with Gasteiger partial charge in [-0.25, -0.2) is 4.79 Å². The molecule has 0 radical (unpaired) electrons. The summed E-state index contributed by atoms with van der Waals surface area (Å²) in [4.78, 5) is 23.6. The lowest BCUT2D eigenvalue weighted by Crippen LogP contribution is -2.40. The van der Waals surface area contributed by atoms with Crippen molar-refractivity contribution in [3.63, 3.8) is 0 Å². The van der Waals surface area contributed by atoms with E-state index in [9.17, 15) is 9.59 Å². The molecule has 0 bridgehead atoms. The number of para-hydroxylation sites is 1. The zero-order chi connectivity index (χ0) is 14.4. The highest BCUT2D eigenvalue weighted by molar-refractivity contribution is 5.96. The van der Waals surface area contributed by atoms with E-state index in [1.807, 2.05) is 13.8 Å². The van der Waals surface area contributed by atoms with E-state index in [0.717, 1.165) is 6.42 Å². The van der Waals surface area contributed by atoms with Gasteiger partial charge in [0.25, 0.3) is 5.91 Å². The van der Waals surface area contributed by atoms with Crippen molar-refractivity contribution in [2.45, 2.75) is 39.3 Å². The molecule has 1 amide bonds. The molecular weight excluding hydrogens is 244 g/mol. The number of esters is 1. The number of ether oxygens (including phenoxy) is 1. The zero-order valence-electron chi connectivity index (χ0n) is 11.5. The van der Waals surface area contributed by atoms with E-state index in [2.05, 4.69) is 5.32 Å². The number of anilines is 1. The molecule has 2 unspecified atom stereocenters. The molecule has 104 valence electrons. The van der Waals surface area contributed by atoms with Crippen LogP contribution in [0.2, 0.25) is 0 Å². The molecule has 0 aromatic heterocycles. The predicted octanol–water partition coefficient (Wildman–Crippen LogP) is 1.73. The molecule has 0 aliphatic heterocycles. The van der Waals surface area contributed by atoms with Crippen LogP contribution in [-0.4, -0.2) is 24.0 Å². The van der Waals surface area contributed by atoms with Gasteiger partial charge < -0.3 is 15.8 Å². The molecular formula is C14H20N2O3. The van der Waals surface area contributed by atoms with Crippen LogP contribution in [0.5, 0.6) is 0 Å². The molecule has 0 aliphatic carbocycles. The third-order valence-corrected chi connectivity index (χ3v) is 2.83. The van der Waals surface area contributed by atoms with Crippen LogP contribution >= 0.6 is 0 Å². The number of hydrogen-bond acceptors (Lipinski definition) is 4. The van der Waals surface area contributed by atoms with Crippen molar-refractivity contribution in [1.82, 2.24) is 5.32 Å². The van der Waals surface area contributed by atoms with Crippen LogP contribution in [0.25, 0.3) is 0 Å². The normalized spacial score (nSPS) is 13.4. The minimum atomic E-state index is -0.846. The fourth-order valence-electron chi connectivity index (χ4n) is 1.42. The molecule has 19 heavy (non-hydrogen) atoms. The van der Waals surface area contributed by atoms with Gasteiger partial charge in [0.2, 0.25) is 0 Å². The maximum absolute atomic E-state index is 11.9. The third-order valence-electron chi connectivity index (χ3n) is 2.83. The van der Waals surface area contributed by atoms with Gasteiger partial charge in [0.1, 0.15) is 0 Å². The Morgan fingerprint density at radius 1 is 1.32 bits per heavy atom. The number of nitrogens with one attached hydrogen (secondary N) is 1. The lowest BCUT2D eigenvalue weighted by atomic mass is 10.2. The van der Waals surface area contributed by atoms with Crippen molar-refractivity contribution in [2.75, 3.05) is 5.73 Å². The minimum Gasteiger partial charge on any atom is -0.449 e. The van der Waals surface area contributed by atoms with Crippen LogP contribution in [0.15, 0.2) is 24.3 Å². The molecule has 1 aromatic carbocycles. The van der Waals surface area contributed by atoms with E-state index in [1.54, 1.807) is 24.3 Å². The maximum Gasteiger partial charge on any atom is 0.341 e. The number of hydrogen-bond donors (Lipinski definition) is 2. The van der Waals surface area contributed by atoms with E-state index in [4.69, 9.17) is 10.5 Å². The van der Waals surface area contributed by atoms with Gasteiger partial charge in [-0.2, -0.15) is 0 Å². The largest absolute Gasteiger partial charge is 0.449 e. The summed E-state index contributed by atoms with van der Waals surface area (Å²) in [6.07, 6.45) is -0.0287. The van der Waals surface area contributed by atoms with Gasteiger partial charge in [-0.05, 0) is 32.4 Å². The smallest absolute Gasteiger partial charge is 0.341 e.